The lowest BCUT2D eigenvalue weighted by Crippen LogP contribution is -2.47. The SMILES string of the molecule is CC(=O)NC[C@H]1CN(c2ccc(N3CCN(c4nc5cccc(F)c5o4)CC3)c(F)c2)C(=O)O1. The highest BCUT2D eigenvalue weighted by Crippen LogP contribution is 2.30. The van der Waals surface area contributed by atoms with E-state index >= 15 is 4.39 Å². The molecule has 1 aromatic heterocycles. The second kappa shape index (κ2) is 8.81. The average molecular weight is 471 g/mol. The third-order valence-electron chi connectivity index (χ3n) is 5.94. The number of benzene rings is 2. The molecule has 2 fully saturated rings. The lowest BCUT2D eigenvalue weighted by atomic mass is 10.2. The first-order valence-corrected chi connectivity index (χ1v) is 11.0. The quantitative estimate of drug-likeness (QED) is 0.612. The first-order chi connectivity index (χ1) is 16.4. The summed E-state index contributed by atoms with van der Waals surface area (Å²) in [7, 11) is 0. The van der Waals surface area contributed by atoms with Crippen molar-refractivity contribution in [2.24, 2.45) is 0 Å². The summed E-state index contributed by atoms with van der Waals surface area (Å²) >= 11 is 0. The fraction of sp³-hybridized carbons (Fsp3) is 0.348. The lowest BCUT2D eigenvalue weighted by Gasteiger charge is -2.35. The molecular weight excluding hydrogens is 448 g/mol. The maximum Gasteiger partial charge on any atom is 0.414 e. The zero-order chi connectivity index (χ0) is 23.8. The molecule has 1 N–H and O–H groups in total. The average Bonchev–Trinajstić information content (AvgIpc) is 3.42. The van der Waals surface area contributed by atoms with Crippen LogP contribution in [-0.4, -0.2) is 62.4 Å². The number of aromatic nitrogens is 1. The Bertz CT molecular complexity index is 1240. The van der Waals surface area contributed by atoms with Crippen molar-refractivity contribution in [2.75, 3.05) is 54.0 Å². The van der Waals surface area contributed by atoms with Crippen LogP contribution in [0.15, 0.2) is 40.8 Å². The van der Waals surface area contributed by atoms with Gasteiger partial charge in [0.1, 0.15) is 17.4 Å². The maximum atomic E-state index is 15.0. The molecule has 2 aromatic carbocycles. The Morgan fingerprint density at radius 2 is 1.88 bits per heavy atom. The number of rotatable bonds is 5. The van der Waals surface area contributed by atoms with E-state index in [1.807, 2.05) is 9.80 Å². The molecule has 2 aliphatic rings. The third-order valence-corrected chi connectivity index (χ3v) is 5.94. The van der Waals surface area contributed by atoms with Crippen molar-refractivity contribution < 1.29 is 27.5 Å². The van der Waals surface area contributed by atoms with Gasteiger partial charge in [-0.05, 0) is 30.3 Å². The summed E-state index contributed by atoms with van der Waals surface area (Å²) in [5.41, 5.74) is 1.40. The van der Waals surface area contributed by atoms with Gasteiger partial charge in [0.2, 0.25) is 5.91 Å². The second-order valence-electron chi connectivity index (χ2n) is 8.25. The molecular formula is C23H23F2N5O4. The van der Waals surface area contributed by atoms with Gasteiger partial charge in [0.05, 0.1) is 24.5 Å². The fourth-order valence-corrected chi connectivity index (χ4v) is 4.19. The van der Waals surface area contributed by atoms with E-state index < -0.39 is 23.8 Å². The number of carbonyl (C=O) groups excluding carboxylic acids is 2. The highest BCUT2D eigenvalue weighted by molar-refractivity contribution is 5.90. The molecule has 3 heterocycles. The van der Waals surface area contributed by atoms with Crippen molar-refractivity contribution in [3.8, 4) is 0 Å². The van der Waals surface area contributed by atoms with Gasteiger partial charge in [-0.3, -0.25) is 9.69 Å². The highest BCUT2D eigenvalue weighted by atomic mass is 19.1. The van der Waals surface area contributed by atoms with Crippen LogP contribution in [0, 0.1) is 11.6 Å². The lowest BCUT2D eigenvalue weighted by molar-refractivity contribution is -0.119. The van der Waals surface area contributed by atoms with Gasteiger partial charge in [-0.15, -0.1) is 0 Å². The molecule has 1 atom stereocenters. The van der Waals surface area contributed by atoms with E-state index in [1.54, 1.807) is 24.3 Å². The Kier molecular flexibility index (Phi) is 5.68. The molecule has 9 nitrogen and oxygen atoms in total. The van der Waals surface area contributed by atoms with E-state index in [0.717, 1.165) is 0 Å². The van der Waals surface area contributed by atoms with Crippen LogP contribution in [0.1, 0.15) is 6.92 Å². The molecule has 0 saturated carbocycles. The number of carbonyl (C=O) groups is 2. The number of halogens is 2. The van der Waals surface area contributed by atoms with E-state index in [4.69, 9.17) is 9.15 Å². The van der Waals surface area contributed by atoms with Crippen LogP contribution in [-0.2, 0) is 9.53 Å². The van der Waals surface area contributed by atoms with E-state index in [2.05, 4.69) is 10.3 Å². The zero-order valence-corrected chi connectivity index (χ0v) is 18.5. The Morgan fingerprint density at radius 3 is 2.59 bits per heavy atom. The number of nitrogens with one attached hydrogen (secondary N) is 1. The van der Waals surface area contributed by atoms with Gasteiger partial charge in [0, 0.05) is 33.1 Å². The van der Waals surface area contributed by atoms with Crippen molar-refractivity contribution in [3.63, 3.8) is 0 Å². The third kappa shape index (κ3) is 4.20. The molecule has 0 spiro atoms. The van der Waals surface area contributed by atoms with Gasteiger partial charge >= 0.3 is 6.09 Å². The molecule has 34 heavy (non-hydrogen) atoms. The molecule has 11 heteroatoms. The van der Waals surface area contributed by atoms with Gasteiger partial charge in [-0.2, -0.15) is 4.98 Å². The Balaban J connectivity index is 1.23. The van der Waals surface area contributed by atoms with Gasteiger partial charge in [0.15, 0.2) is 11.4 Å². The van der Waals surface area contributed by atoms with Crippen LogP contribution in [0.25, 0.3) is 11.1 Å². The largest absolute Gasteiger partial charge is 0.442 e. The summed E-state index contributed by atoms with van der Waals surface area (Å²) in [6.07, 6.45) is -1.07. The number of hydrogen-bond acceptors (Lipinski definition) is 7. The number of oxazole rings is 1. The molecule has 0 radical (unpaired) electrons. The van der Waals surface area contributed by atoms with Crippen LogP contribution in [0.4, 0.5) is 31.0 Å². The number of amides is 2. The molecule has 2 saturated heterocycles. The van der Waals surface area contributed by atoms with Crippen LogP contribution >= 0.6 is 0 Å². The zero-order valence-electron chi connectivity index (χ0n) is 18.5. The number of ether oxygens (including phenoxy) is 1. The van der Waals surface area contributed by atoms with E-state index in [1.165, 1.54) is 24.0 Å². The minimum atomic E-state index is -0.578. The van der Waals surface area contributed by atoms with Crippen LogP contribution in [0.3, 0.4) is 0 Å². The summed E-state index contributed by atoms with van der Waals surface area (Å²) in [6.45, 7) is 3.90. The molecule has 178 valence electrons. The molecule has 0 bridgehead atoms. The van der Waals surface area contributed by atoms with Crippen molar-refractivity contribution in [1.29, 1.82) is 0 Å². The first kappa shape index (κ1) is 21.9. The summed E-state index contributed by atoms with van der Waals surface area (Å²) in [4.78, 5) is 32.8. The van der Waals surface area contributed by atoms with E-state index in [0.29, 0.717) is 49.1 Å². The van der Waals surface area contributed by atoms with E-state index in [-0.39, 0.29) is 24.6 Å². The maximum absolute atomic E-state index is 15.0. The number of nitrogens with zero attached hydrogens (tertiary/aromatic N) is 4. The first-order valence-electron chi connectivity index (χ1n) is 11.0. The minimum absolute atomic E-state index is 0.126. The number of piperazine rings is 1. The van der Waals surface area contributed by atoms with Crippen molar-refractivity contribution in [1.82, 2.24) is 10.3 Å². The molecule has 3 aromatic rings. The van der Waals surface area contributed by atoms with Crippen molar-refractivity contribution >= 4 is 40.5 Å². The molecule has 5 rings (SSSR count). The van der Waals surface area contributed by atoms with Crippen LogP contribution in [0.5, 0.6) is 0 Å². The summed E-state index contributed by atoms with van der Waals surface area (Å²) in [6, 6.07) is 9.58. The summed E-state index contributed by atoms with van der Waals surface area (Å²) < 4.78 is 39.8. The van der Waals surface area contributed by atoms with Gasteiger partial charge < -0.3 is 24.3 Å². The van der Waals surface area contributed by atoms with Gasteiger partial charge in [-0.1, -0.05) is 6.07 Å². The smallest absolute Gasteiger partial charge is 0.414 e. The number of fused-ring (bicyclic) bond motifs is 1. The normalized spacial score (nSPS) is 18.5. The summed E-state index contributed by atoms with van der Waals surface area (Å²) in [5.74, 6) is -1.12. The van der Waals surface area contributed by atoms with Gasteiger partial charge in [0.25, 0.3) is 6.01 Å². The Morgan fingerprint density at radius 1 is 1.12 bits per heavy atom. The predicted molar refractivity (Wildman–Crippen MR) is 121 cm³/mol. The number of anilines is 3. The number of hydrogen-bond donors (Lipinski definition) is 1. The van der Waals surface area contributed by atoms with E-state index in [9.17, 15) is 14.0 Å². The van der Waals surface area contributed by atoms with Crippen LogP contribution < -0.4 is 20.0 Å². The highest BCUT2D eigenvalue weighted by Gasteiger charge is 2.33. The monoisotopic (exact) mass is 471 g/mol. The standard InChI is InChI=1S/C23H23F2N5O4/c1-14(31)26-12-16-13-30(23(32)33-16)15-5-6-20(18(25)11-15)28-7-9-29(10-8-28)22-27-19-4-2-3-17(24)21(19)34-22/h2-6,11,16H,7-10,12-13H2,1H3,(H,26,31)/t16-/m0/s1. The molecule has 2 aliphatic heterocycles. The Labute approximate surface area is 193 Å². The summed E-state index contributed by atoms with van der Waals surface area (Å²) in [5, 5.41) is 2.61. The predicted octanol–water partition coefficient (Wildman–Crippen LogP) is 2.89. The van der Waals surface area contributed by atoms with Crippen molar-refractivity contribution in [3.05, 3.63) is 48.0 Å². The fourth-order valence-electron chi connectivity index (χ4n) is 4.19. The number of para-hydroxylation sites is 1. The molecule has 0 unspecified atom stereocenters. The molecule has 0 aliphatic carbocycles. The topological polar surface area (TPSA) is 91.2 Å². The van der Waals surface area contributed by atoms with Crippen molar-refractivity contribution in [2.45, 2.75) is 13.0 Å². The number of cyclic esters (lactones) is 1. The van der Waals surface area contributed by atoms with Crippen LogP contribution in [0.2, 0.25) is 0 Å². The minimum Gasteiger partial charge on any atom is -0.442 e. The van der Waals surface area contributed by atoms with Gasteiger partial charge in [-0.25, -0.2) is 13.6 Å². The molecule has 2 amide bonds. The Hall–Kier alpha value is -3.89. The second-order valence-corrected chi connectivity index (χ2v) is 8.25.